The van der Waals surface area contributed by atoms with Gasteiger partial charge in [-0.1, -0.05) is 49.7 Å². The van der Waals surface area contributed by atoms with Crippen LogP contribution in [0.3, 0.4) is 0 Å². The number of thioether (sulfide) groups is 1. The average Bonchev–Trinajstić information content (AvgIpc) is 3.04. The first kappa shape index (κ1) is 17.0. The maximum Gasteiger partial charge on any atom is 0.277 e. The van der Waals surface area contributed by atoms with E-state index in [0.29, 0.717) is 28.8 Å². The Labute approximate surface area is 146 Å². The predicted molar refractivity (Wildman–Crippen MR) is 94.8 cm³/mol. The van der Waals surface area contributed by atoms with Crippen LogP contribution in [0.1, 0.15) is 38.2 Å². The molecule has 0 spiro atoms. The van der Waals surface area contributed by atoms with Gasteiger partial charge in [-0.3, -0.25) is 4.79 Å². The van der Waals surface area contributed by atoms with Crippen LogP contribution in [0.2, 0.25) is 0 Å². The second-order valence-electron chi connectivity index (χ2n) is 6.41. The fourth-order valence-electron chi connectivity index (χ4n) is 3.10. The monoisotopic (exact) mass is 345 g/mol. The van der Waals surface area contributed by atoms with Gasteiger partial charge >= 0.3 is 0 Å². The quantitative estimate of drug-likeness (QED) is 0.834. The van der Waals surface area contributed by atoms with Crippen molar-refractivity contribution < 1.29 is 9.21 Å². The van der Waals surface area contributed by atoms with Gasteiger partial charge in [-0.15, -0.1) is 10.2 Å². The highest BCUT2D eigenvalue weighted by atomic mass is 32.2. The molecule has 24 heavy (non-hydrogen) atoms. The van der Waals surface area contributed by atoms with Crippen LogP contribution in [-0.4, -0.2) is 27.9 Å². The summed E-state index contributed by atoms with van der Waals surface area (Å²) < 4.78 is 5.67. The summed E-state index contributed by atoms with van der Waals surface area (Å²) in [6.45, 7) is 4.22. The number of nitrogens with zero attached hydrogens (tertiary/aromatic N) is 2. The molecule has 1 aromatic heterocycles. The molecule has 6 heteroatoms. The molecule has 0 bridgehead atoms. The molecule has 2 atom stereocenters. The van der Waals surface area contributed by atoms with Crippen molar-refractivity contribution in [3.05, 3.63) is 29.8 Å². The first-order chi connectivity index (χ1) is 11.6. The Morgan fingerprint density at radius 3 is 2.88 bits per heavy atom. The first-order valence-corrected chi connectivity index (χ1v) is 9.43. The fraction of sp³-hybridized carbons (Fsp3) is 0.500. The molecule has 1 aromatic carbocycles. The number of nitrogens with one attached hydrogen (secondary N) is 1. The third-order valence-corrected chi connectivity index (χ3v) is 5.38. The summed E-state index contributed by atoms with van der Waals surface area (Å²) in [5, 5.41) is 11.7. The highest BCUT2D eigenvalue weighted by molar-refractivity contribution is 7.99. The van der Waals surface area contributed by atoms with Gasteiger partial charge in [0.2, 0.25) is 11.8 Å². The third kappa shape index (κ3) is 4.17. The van der Waals surface area contributed by atoms with Crippen LogP contribution in [0.5, 0.6) is 0 Å². The lowest BCUT2D eigenvalue weighted by molar-refractivity contribution is -0.119. The number of rotatable bonds is 5. The lowest BCUT2D eigenvalue weighted by Gasteiger charge is -2.29. The zero-order valence-electron chi connectivity index (χ0n) is 14.1. The van der Waals surface area contributed by atoms with Crippen LogP contribution in [-0.2, 0) is 4.79 Å². The summed E-state index contributed by atoms with van der Waals surface area (Å²) in [4.78, 5) is 12.1. The van der Waals surface area contributed by atoms with E-state index in [1.807, 2.05) is 31.2 Å². The fourth-order valence-corrected chi connectivity index (χ4v) is 3.67. The molecule has 1 aliphatic rings. The van der Waals surface area contributed by atoms with Gasteiger partial charge in [-0.25, -0.2) is 0 Å². The van der Waals surface area contributed by atoms with Gasteiger partial charge in [0, 0.05) is 11.6 Å². The molecule has 1 amide bonds. The smallest absolute Gasteiger partial charge is 0.277 e. The van der Waals surface area contributed by atoms with E-state index >= 15 is 0 Å². The van der Waals surface area contributed by atoms with Gasteiger partial charge in [0.05, 0.1) is 5.75 Å². The maximum absolute atomic E-state index is 12.1. The molecule has 1 fully saturated rings. The number of amides is 1. The van der Waals surface area contributed by atoms with Crippen molar-refractivity contribution in [2.75, 3.05) is 5.75 Å². The number of aryl methyl sites for hydroxylation is 1. The van der Waals surface area contributed by atoms with E-state index in [-0.39, 0.29) is 5.91 Å². The Morgan fingerprint density at radius 2 is 2.08 bits per heavy atom. The second kappa shape index (κ2) is 7.83. The molecule has 1 saturated carbocycles. The van der Waals surface area contributed by atoms with Crippen LogP contribution in [0, 0.1) is 12.8 Å². The van der Waals surface area contributed by atoms with E-state index in [1.165, 1.54) is 31.0 Å². The number of aromatic nitrogens is 2. The van der Waals surface area contributed by atoms with Crippen molar-refractivity contribution in [1.82, 2.24) is 15.5 Å². The summed E-state index contributed by atoms with van der Waals surface area (Å²) in [5.74, 6) is 1.40. The second-order valence-corrected chi connectivity index (χ2v) is 7.34. The molecule has 1 N–H and O–H groups in total. The van der Waals surface area contributed by atoms with Gasteiger partial charge in [0.25, 0.3) is 5.22 Å². The van der Waals surface area contributed by atoms with Crippen LogP contribution >= 0.6 is 11.8 Å². The van der Waals surface area contributed by atoms with Gasteiger partial charge < -0.3 is 9.73 Å². The summed E-state index contributed by atoms with van der Waals surface area (Å²) in [6, 6.07) is 8.18. The Kier molecular flexibility index (Phi) is 5.56. The van der Waals surface area contributed by atoms with Crippen LogP contribution in [0.15, 0.2) is 33.9 Å². The minimum absolute atomic E-state index is 0.0365. The van der Waals surface area contributed by atoms with Crippen LogP contribution < -0.4 is 5.32 Å². The van der Waals surface area contributed by atoms with Gasteiger partial charge in [0.1, 0.15) is 0 Å². The summed E-state index contributed by atoms with van der Waals surface area (Å²) >= 11 is 1.29. The SMILES string of the molecule is Cc1ccccc1-c1nnc(SCC(=O)NC2CCCCC2C)o1. The minimum atomic E-state index is 0.0365. The molecule has 128 valence electrons. The largest absolute Gasteiger partial charge is 0.411 e. The maximum atomic E-state index is 12.1. The molecule has 1 aliphatic carbocycles. The summed E-state index contributed by atoms with van der Waals surface area (Å²) in [6.07, 6.45) is 4.74. The molecule has 0 aliphatic heterocycles. The summed E-state index contributed by atoms with van der Waals surface area (Å²) in [7, 11) is 0. The molecule has 3 rings (SSSR count). The number of hydrogen-bond donors (Lipinski definition) is 1. The molecular weight excluding hydrogens is 322 g/mol. The van der Waals surface area contributed by atoms with E-state index in [0.717, 1.165) is 17.5 Å². The van der Waals surface area contributed by atoms with Gasteiger partial charge in [-0.05, 0) is 37.3 Å². The van der Waals surface area contributed by atoms with Crippen molar-refractivity contribution in [1.29, 1.82) is 0 Å². The van der Waals surface area contributed by atoms with E-state index in [9.17, 15) is 4.79 Å². The lowest BCUT2D eigenvalue weighted by atomic mass is 9.86. The molecular formula is C18H23N3O2S. The Balaban J connectivity index is 1.54. The van der Waals surface area contributed by atoms with Crippen molar-refractivity contribution >= 4 is 17.7 Å². The average molecular weight is 345 g/mol. The predicted octanol–water partition coefficient (Wildman–Crippen LogP) is 3.83. The van der Waals surface area contributed by atoms with Crippen molar-refractivity contribution in [3.8, 4) is 11.5 Å². The minimum Gasteiger partial charge on any atom is -0.411 e. The van der Waals surface area contributed by atoms with E-state index in [2.05, 4.69) is 22.4 Å². The first-order valence-electron chi connectivity index (χ1n) is 8.45. The zero-order chi connectivity index (χ0) is 16.9. The lowest BCUT2D eigenvalue weighted by Crippen LogP contribution is -2.41. The number of benzene rings is 1. The van der Waals surface area contributed by atoms with Gasteiger partial charge in [0.15, 0.2) is 0 Å². The molecule has 5 nitrogen and oxygen atoms in total. The Hall–Kier alpha value is -1.82. The molecule has 0 saturated heterocycles. The summed E-state index contributed by atoms with van der Waals surface area (Å²) in [5.41, 5.74) is 2.01. The zero-order valence-corrected chi connectivity index (χ0v) is 14.9. The van der Waals surface area contributed by atoms with E-state index < -0.39 is 0 Å². The highest BCUT2D eigenvalue weighted by Crippen LogP contribution is 2.26. The molecule has 2 unspecified atom stereocenters. The normalized spacial score (nSPS) is 20.8. The van der Waals surface area contributed by atoms with E-state index in [1.54, 1.807) is 0 Å². The molecule has 0 radical (unpaired) electrons. The number of carbonyl (C=O) groups is 1. The van der Waals surface area contributed by atoms with Crippen LogP contribution in [0.4, 0.5) is 0 Å². The topological polar surface area (TPSA) is 68.0 Å². The highest BCUT2D eigenvalue weighted by Gasteiger charge is 2.23. The van der Waals surface area contributed by atoms with Crippen molar-refractivity contribution in [2.24, 2.45) is 5.92 Å². The van der Waals surface area contributed by atoms with Crippen molar-refractivity contribution in [3.63, 3.8) is 0 Å². The van der Waals surface area contributed by atoms with Gasteiger partial charge in [-0.2, -0.15) is 0 Å². The molecule has 1 heterocycles. The third-order valence-electron chi connectivity index (χ3n) is 4.57. The number of hydrogen-bond acceptors (Lipinski definition) is 5. The number of carbonyl (C=O) groups excluding carboxylic acids is 1. The van der Waals surface area contributed by atoms with Crippen LogP contribution in [0.25, 0.3) is 11.5 Å². The Bertz CT molecular complexity index is 701. The van der Waals surface area contributed by atoms with E-state index in [4.69, 9.17) is 4.42 Å². The standard InChI is InChI=1S/C18H23N3O2S/c1-12-7-3-5-9-14(12)17-20-21-18(23-17)24-11-16(22)19-15-10-6-4-8-13(15)2/h3,5,7,9,13,15H,4,6,8,10-11H2,1-2H3,(H,19,22). The molecule has 2 aromatic rings. The Morgan fingerprint density at radius 1 is 1.29 bits per heavy atom. The van der Waals surface area contributed by atoms with Crippen molar-refractivity contribution in [2.45, 2.75) is 50.8 Å².